The molecule has 0 bridgehead atoms. The first-order valence-electron chi connectivity index (χ1n) is 5.70. The zero-order chi connectivity index (χ0) is 11.8. The lowest BCUT2D eigenvalue weighted by Gasteiger charge is -2.23. The fourth-order valence-corrected chi connectivity index (χ4v) is 2.56. The van der Waals surface area contributed by atoms with Gasteiger partial charge in [0.2, 0.25) is 5.95 Å². The summed E-state index contributed by atoms with van der Waals surface area (Å²) in [5, 5.41) is 4.50. The molecule has 0 amide bonds. The average Bonchev–Trinajstić information content (AvgIpc) is 2.67. The highest BCUT2D eigenvalue weighted by Crippen LogP contribution is 2.29. The summed E-state index contributed by atoms with van der Waals surface area (Å²) in [7, 11) is 0. The van der Waals surface area contributed by atoms with Gasteiger partial charge in [-0.3, -0.25) is 0 Å². The summed E-state index contributed by atoms with van der Waals surface area (Å²) >= 11 is 3.40. The topological polar surface area (TPSA) is 27.1 Å². The maximum absolute atomic E-state index is 13.7. The molecule has 1 fully saturated rings. The highest BCUT2D eigenvalue weighted by atomic mass is 79.9. The van der Waals surface area contributed by atoms with Crippen LogP contribution in [0.15, 0.2) is 22.7 Å². The van der Waals surface area contributed by atoms with Crippen molar-refractivity contribution in [3.63, 3.8) is 0 Å². The van der Waals surface area contributed by atoms with Crippen LogP contribution in [0.25, 0.3) is 10.9 Å². The van der Waals surface area contributed by atoms with E-state index in [1.54, 1.807) is 10.7 Å². The Morgan fingerprint density at radius 3 is 3.06 bits per heavy atom. The van der Waals surface area contributed by atoms with Gasteiger partial charge in [0, 0.05) is 11.1 Å². The molecule has 90 valence electrons. The van der Waals surface area contributed by atoms with Crippen molar-refractivity contribution in [2.75, 3.05) is 6.61 Å². The molecule has 0 saturated carbocycles. The lowest BCUT2D eigenvalue weighted by molar-refractivity contribution is -0.0375. The fraction of sp³-hybridized carbons (Fsp3) is 0.417. The van der Waals surface area contributed by atoms with Crippen LogP contribution in [0, 0.1) is 5.95 Å². The molecule has 1 atom stereocenters. The number of rotatable bonds is 1. The van der Waals surface area contributed by atoms with Gasteiger partial charge in [0.05, 0.1) is 10.9 Å². The first kappa shape index (κ1) is 11.2. The van der Waals surface area contributed by atoms with Gasteiger partial charge >= 0.3 is 0 Å². The average molecular weight is 299 g/mol. The minimum absolute atomic E-state index is 0.134. The molecular formula is C12H12BrFN2O. The summed E-state index contributed by atoms with van der Waals surface area (Å²) in [4.78, 5) is 0. The van der Waals surface area contributed by atoms with Gasteiger partial charge in [0.1, 0.15) is 0 Å². The van der Waals surface area contributed by atoms with Gasteiger partial charge in [-0.15, -0.1) is 5.10 Å². The van der Waals surface area contributed by atoms with Crippen LogP contribution < -0.4 is 0 Å². The first-order valence-corrected chi connectivity index (χ1v) is 6.50. The summed E-state index contributed by atoms with van der Waals surface area (Å²) in [5.41, 5.74) is 0.781. The van der Waals surface area contributed by atoms with Crippen molar-refractivity contribution in [3.05, 3.63) is 28.6 Å². The maximum Gasteiger partial charge on any atom is 0.240 e. The largest absolute Gasteiger partial charge is 0.356 e. The predicted molar refractivity (Wildman–Crippen MR) is 66.2 cm³/mol. The Kier molecular flexibility index (Phi) is 2.88. The Morgan fingerprint density at radius 1 is 1.41 bits per heavy atom. The molecule has 2 heterocycles. The van der Waals surface area contributed by atoms with E-state index in [-0.39, 0.29) is 6.23 Å². The van der Waals surface area contributed by atoms with E-state index < -0.39 is 5.95 Å². The number of aromatic nitrogens is 2. The number of nitrogens with zero attached hydrogens (tertiary/aromatic N) is 2. The summed E-state index contributed by atoms with van der Waals surface area (Å²) in [5.74, 6) is -0.429. The van der Waals surface area contributed by atoms with E-state index in [4.69, 9.17) is 4.74 Å². The number of hydrogen-bond acceptors (Lipinski definition) is 2. The highest BCUT2D eigenvalue weighted by molar-refractivity contribution is 9.10. The Labute approximate surface area is 107 Å². The molecule has 0 N–H and O–H groups in total. The van der Waals surface area contributed by atoms with Gasteiger partial charge in [0.15, 0.2) is 6.23 Å². The molecule has 3 rings (SSSR count). The van der Waals surface area contributed by atoms with Crippen LogP contribution >= 0.6 is 15.9 Å². The normalized spacial score (nSPS) is 20.9. The maximum atomic E-state index is 13.7. The SMILES string of the molecule is Fc1nn(C2CCCCO2)c2cc(Br)ccc12. The van der Waals surface area contributed by atoms with Crippen LogP contribution in [0.3, 0.4) is 0 Å². The van der Waals surface area contributed by atoms with Crippen molar-refractivity contribution in [2.45, 2.75) is 25.5 Å². The second kappa shape index (κ2) is 4.38. The van der Waals surface area contributed by atoms with Crippen molar-refractivity contribution in [1.82, 2.24) is 9.78 Å². The minimum Gasteiger partial charge on any atom is -0.356 e. The number of halogens is 2. The van der Waals surface area contributed by atoms with Gasteiger partial charge in [-0.1, -0.05) is 15.9 Å². The van der Waals surface area contributed by atoms with E-state index >= 15 is 0 Å². The molecular weight excluding hydrogens is 287 g/mol. The van der Waals surface area contributed by atoms with Crippen molar-refractivity contribution in [1.29, 1.82) is 0 Å². The van der Waals surface area contributed by atoms with Crippen molar-refractivity contribution in [2.24, 2.45) is 0 Å². The van der Waals surface area contributed by atoms with Crippen molar-refractivity contribution in [3.8, 4) is 0 Å². The first-order chi connectivity index (χ1) is 8.25. The van der Waals surface area contributed by atoms with Crippen LogP contribution in [0.1, 0.15) is 25.5 Å². The summed E-state index contributed by atoms with van der Waals surface area (Å²) in [6.07, 6.45) is 2.93. The second-order valence-electron chi connectivity index (χ2n) is 4.22. The molecule has 1 saturated heterocycles. The van der Waals surface area contributed by atoms with E-state index in [1.807, 2.05) is 12.1 Å². The molecule has 3 nitrogen and oxygen atoms in total. The molecule has 1 aromatic heterocycles. The Morgan fingerprint density at radius 2 is 2.29 bits per heavy atom. The standard InChI is InChI=1S/C12H12BrFN2O/c13-8-4-5-9-10(7-8)16(15-12(9)14)11-3-1-2-6-17-11/h4-5,7,11H,1-3,6H2. The van der Waals surface area contributed by atoms with Crippen molar-refractivity contribution >= 4 is 26.8 Å². The van der Waals surface area contributed by atoms with Crippen LogP contribution in [0.2, 0.25) is 0 Å². The number of hydrogen-bond donors (Lipinski definition) is 0. The lowest BCUT2D eigenvalue weighted by Crippen LogP contribution is -2.19. The molecule has 0 spiro atoms. The van der Waals surface area contributed by atoms with Gasteiger partial charge < -0.3 is 4.74 Å². The summed E-state index contributed by atoms with van der Waals surface area (Å²) in [6.45, 7) is 0.724. The Bertz CT molecular complexity index is 549. The monoisotopic (exact) mass is 298 g/mol. The van der Waals surface area contributed by atoms with E-state index in [1.165, 1.54) is 0 Å². The van der Waals surface area contributed by atoms with E-state index in [0.29, 0.717) is 5.39 Å². The predicted octanol–water partition coefficient (Wildman–Crippen LogP) is 3.64. The third-order valence-electron chi connectivity index (χ3n) is 3.05. The molecule has 5 heteroatoms. The smallest absolute Gasteiger partial charge is 0.240 e. The van der Waals surface area contributed by atoms with E-state index in [9.17, 15) is 4.39 Å². The van der Waals surface area contributed by atoms with Crippen LogP contribution in [-0.2, 0) is 4.74 Å². The van der Waals surface area contributed by atoms with Gasteiger partial charge in [-0.25, -0.2) is 4.68 Å². The van der Waals surface area contributed by atoms with E-state index in [2.05, 4.69) is 21.0 Å². The van der Waals surface area contributed by atoms with Gasteiger partial charge in [-0.2, -0.15) is 4.39 Å². The zero-order valence-corrected chi connectivity index (χ0v) is 10.8. The molecule has 1 unspecified atom stereocenters. The van der Waals surface area contributed by atoms with Gasteiger partial charge in [0.25, 0.3) is 0 Å². The molecule has 0 radical (unpaired) electrons. The zero-order valence-electron chi connectivity index (χ0n) is 9.20. The fourth-order valence-electron chi connectivity index (χ4n) is 2.21. The third-order valence-corrected chi connectivity index (χ3v) is 3.55. The number of ether oxygens (including phenoxy) is 1. The van der Waals surface area contributed by atoms with Crippen molar-refractivity contribution < 1.29 is 9.13 Å². The number of benzene rings is 1. The molecule has 1 aliphatic heterocycles. The Balaban J connectivity index is 2.11. The van der Waals surface area contributed by atoms with Gasteiger partial charge in [-0.05, 0) is 37.5 Å². The lowest BCUT2D eigenvalue weighted by atomic mass is 10.2. The summed E-state index contributed by atoms with van der Waals surface area (Å²) in [6, 6.07) is 5.43. The molecule has 1 aromatic carbocycles. The highest BCUT2D eigenvalue weighted by Gasteiger charge is 2.20. The quantitative estimate of drug-likeness (QED) is 0.804. The minimum atomic E-state index is -0.429. The molecule has 17 heavy (non-hydrogen) atoms. The summed E-state index contributed by atoms with van der Waals surface area (Å²) < 4.78 is 21.9. The molecule has 0 aliphatic carbocycles. The Hall–Kier alpha value is -0.940. The van der Waals surface area contributed by atoms with Crippen LogP contribution in [0.5, 0.6) is 0 Å². The van der Waals surface area contributed by atoms with Crippen LogP contribution in [-0.4, -0.2) is 16.4 Å². The van der Waals surface area contributed by atoms with Crippen LogP contribution in [0.4, 0.5) is 4.39 Å². The van der Waals surface area contributed by atoms with E-state index in [0.717, 1.165) is 35.9 Å². The molecule has 2 aromatic rings. The third kappa shape index (κ3) is 1.98. The second-order valence-corrected chi connectivity index (χ2v) is 5.13. The number of fused-ring (bicyclic) bond motifs is 1. The molecule has 1 aliphatic rings.